The minimum atomic E-state index is -1.20. The summed E-state index contributed by atoms with van der Waals surface area (Å²) >= 11 is 6.15. The Hall–Kier alpha value is -2.54. The molecule has 1 heterocycles. The summed E-state index contributed by atoms with van der Waals surface area (Å²) in [5, 5.41) is 15.7. The predicted octanol–water partition coefficient (Wildman–Crippen LogP) is 3.06. The molecular formula is C16H18ClN3O4. The second-order valence-corrected chi connectivity index (χ2v) is 6.05. The number of rotatable bonds is 6. The Kier molecular flexibility index (Phi) is 5.46. The number of aryl methyl sites for hydroxylation is 1. The van der Waals surface area contributed by atoms with Gasteiger partial charge >= 0.3 is 5.97 Å². The highest BCUT2D eigenvalue weighted by atomic mass is 35.5. The minimum Gasteiger partial charge on any atom is -0.492 e. The van der Waals surface area contributed by atoms with Gasteiger partial charge in [-0.25, -0.2) is 4.79 Å². The summed E-state index contributed by atoms with van der Waals surface area (Å²) in [5.74, 6) is -0.769. The van der Waals surface area contributed by atoms with Gasteiger partial charge in [0.2, 0.25) is 0 Å². The van der Waals surface area contributed by atoms with E-state index in [1.807, 2.05) is 13.8 Å². The third kappa shape index (κ3) is 4.26. The molecule has 2 N–H and O–H groups in total. The number of carbonyl (C=O) groups excluding carboxylic acids is 1. The number of amides is 1. The van der Waals surface area contributed by atoms with Crippen LogP contribution >= 0.6 is 11.6 Å². The van der Waals surface area contributed by atoms with Gasteiger partial charge < -0.3 is 15.2 Å². The standard InChI is InChI=1S/C16H18ClN3O4/c1-9(2)8-24-14-5-4-10(6-11(14)17)18-15(21)13-7-12(16(22)23)19-20(13)3/h4-7,9H,8H2,1-3H3,(H,18,21)(H,22,23). The Morgan fingerprint density at radius 1 is 1.38 bits per heavy atom. The van der Waals surface area contributed by atoms with Crippen LogP contribution in [-0.2, 0) is 7.05 Å². The Balaban J connectivity index is 2.12. The molecule has 0 fully saturated rings. The molecule has 0 saturated heterocycles. The average molecular weight is 352 g/mol. The molecule has 0 bridgehead atoms. The van der Waals surface area contributed by atoms with Crippen molar-refractivity contribution in [3.63, 3.8) is 0 Å². The number of ether oxygens (including phenoxy) is 1. The molecule has 128 valence electrons. The van der Waals surface area contributed by atoms with E-state index in [1.54, 1.807) is 18.2 Å². The van der Waals surface area contributed by atoms with E-state index in [4.69, 9.17) is 21.4 Å². The van der Waals surface area contributed by atoms with Gasteiger partial charge in [0.05, 0.1) is 11.6 Å². The van der Waals surface area contributed by atoms with Gasteiger partial charge in [-0.3, -0.25) is 9.48 Å². The molecule has 0 spiro atoms. The molecule has 1 aromatic heterocycles. The van der Waals surface area contributed by atoms with E-state index in [9.17, 15) is 9.59 Å². The molecule has 2 aromatic rings. The van der Waals surface area contributed by atoms with Crippen molar-refractivity contribution >= 4 is 29.2 Å². The number of aromatic carboxylic acids is 1. The molecule has 0 aliphatic rings. The van der Waals surface area contributed by atoms with E-state index in [1.165, 1.54) is 17.8 Å². The van der Waals surface area contributed by atoms with E-state index >= 15 is 0 Å². The first-order valence-corrected chi connectivity index (χ1v) is 7.66. The second-order valence-electron chi connectivity index (χ2n) is 5.65. The van der Waals surface area contributed by atoms with E-state index in [0.29, 0.717) is 29.0 Å². The van der Waals surface area contributed by atoms with E-state index in [2.05, 4.69) is 10.4 Å². The van der Waals surface area contributed by atoms with E-state index in [-0.39, 0.29) is 11.4 Å². The highest BCUT2D eigenvalue weighted by molar-refractivity contribution is 6.32. The van der Waals surface area contributed by atoms with E-state index < -0.39 is 11.9 Å². The van der Waals surface area contributed by atoms with Crippen LogP contribution in [0.3, 0.4) is 0 Å². The lowest BCUT2D eigenvalue weighted by atomic mass is 10.2. The Morgan fingerprint density at radius 3 is 2.62 bits per heavy atom. The van der Waals surface area contributed by atoms with Gasteiger partial charge in [-0.1, -0.05) is 25.4 Å². The van der Waals surface area contributed by atoms with Gasteiger partial charge in [-0.2, -0.15) is 5.10 Å². The molecule has 0 unspecified atom stereocenters. The zero-order valence-electron chi connectivity index (χ0n) is 13.5. The van der Waals surface area contributed by atoms with Crippen molar-refractivity contribution in [2.24, 2.45) is 13.0 Å². The first kappa shape index (κ1) is 17.8. The number of hydrogen-bond acceptors (Lipinski definition) is 4. The fraction of sp³-hybridized carbons (Fsp3) is 0.312. The molecule has 1 amide bonds. The normalized spacial score (nSPS) is 10.7. The van der Waals surface area contributed by atoms with Crippen molar-refractivity contribution < 1.29 is 19.4 Å². The predicted molar refractivity (Wildman–Crippen MR) is 89.9 cm³/mol. The van der Waals surface area contributed by atoms with Gasteiger partial charge in [0.15, 0.2) is 5.69 Å². The molecule has 7 nitrogen and oxygen atoms in total. The first-order valence-electron chi connectivity index (χ1n) is 7.29. The molecule has 1 aromatic carbocycles. The van der Waals surface area contributed by atoms with Crippen molar-refractivity contribution in [1.82, 2.24) is 9.78 Å². The Morgan fingerprint density at radius 2 is 2.08 bits per heavy atom. The summed E-state index contributed by atoms with van der Waals surface area (Å²) in [4.78, 5) is 23.1. The maximum absolute atomic E-state index is 12.2. The summed E-state index contributed by atoms with van der Waals surface area (Å²) in [5.41, 5.74) is 0.404. The van der Waals surface area contributed by atoms with Crippen molar-refractivity contribution in [1.29, 1.82) is 0 Å². The number of nitrogens with one attached hydrogen (secondary N) is 1. The third-order valence-electron chi connectivity index (χ3n) is 3.09. The summed E-state index contributed by atoms with van der Waals surface area (Å²) in [6, 6.07) is 6.11. The van der Waals surface area contributed by atoms with Crippen molar-refractivity contribution in [3.05, 3.63) is 40.7 Å². The number of halogens is 1. The van der Waals surface area contributed by atoms with Crippen LogP contribution < -0.4 is 10.1 Å². The molecular weight excluding hydrogens is 334 g/mol. The van der Waals surface area contributed by atoms with Crippen LogP contribution in [0.2, 0.25) is 5.02 Å². The van der Waals surface area contributed by atoms with Crippen molar-refractivity contribution in [2.75, 3.05) is 11.9 Å². The van der Waals surface area contributed by atoms with Crippen LogP contribution in [-0.4, -0.2) is 33.4 Å². The molecule has 0 radical (unpaired) electrons. The zero-order chi connectivity index (χ0) is 17.9. The number of carboxylic acid groups (broad SMARTS) is 1. The first-order chi connectivity index (χ1) is 11.3. The van der Waals surface area contributed by atoms with Gasteiger partial charge in [-0.15, -0.1) is 0 Å². The molecule has 2 rings (SSSR count). The van der Waals surface area contributed by atoms with Gasteiger partial charge in [0.25, 0.3) is 5.91 Å². The van der Waals surface area contributed by atoms with Gasteiger partial charge in [0.1, 0.15) is 11.4 Å². The van der Waals surface area contributed by atoms with Crippen LogP contribution in [0.15, 0.2) is 24.3 Å². The topological polar surface area (TPSA) is 93.4 Å². The second kappa shape index (κ2) is 7.35. The molecule has 0 atom stereocenters. The number of hydrogen-bond donors (Lipinski definition) is 2. The molecule has 0 aliphatic carbocycles. The maximum atomic E-state index is 12.2. The number of aromatic nitrogens is 2. The smallest absolute Gasteiger partial charge is 0.356 e. The van der Waals surface area contributed by atoms with Gasteiger partial charge in [-0.05, 0) is 24.1 Å². The summed E-state index contributed by atoms with van der Waals surface area (Å²) in [6.45, 7) is 4.60. The third-order valence-corrected chi connectivity index (χ3v) is 3.39. The van der Waals surface area contributed by atoms with Crippen LogP contribution in [0.4, 0.5) is 5.69 Å². The lowest BCUT2D eigenvalue weighted by Crippen LogP contribution is -2.16. The number of nitrogens with zero attached hydrogens (tertiary/aromatic N) is 2. The molecule has 0 aliphatic heterocycles. The molecule has 8 heteroatoms. The Bertz CT molecular complexity index is 771. The number of anilines is 1. The monoisotopic (exact) mass is 351 g/mol. The average Bonchev–Trinajstić information content (AvgIpc) is 2.88. The van der Waals surface area contributed by atoms with Crippen LogP contribution in [0.1, 0.15) is 34.8 Å². The van der Waals surface area contributed by atoms with E-state index in [0.717, 1.165) is 0 Å². The number of benzene rings is 1. The number of carbonyl (C=O) groups is 2. The molecule has 0 saturated carbocycles. The quantitative estimate of drug-likeness (QED) is 0.834. The highest BCUT2D eigenvalue weighted by Crippen LogP contribution is 2.28. The Labute approximate surface area is 144 Å². The zero-order valence-corrected chi connectivity index (χ0v) is 14.3. The fourth-order valence-corrected chi connectivity index (χ4v) is 2.17. The summed E-state index contributed by atoms with van der Waals surface area (Å²) in [6.07, 6.45) is 0. The molecule has 24 heavy (non-hydrogen) atoms. The fourth-order valence-electron chi connectivity index (χ4n) is 1.93. The van der Waals surface area contributed by atoms with Gasteiger partial charge in [0, 0.05) is 18.8 Å². The maximum Gasteiger partial charge on any atom is 0.356 e. The lowest BCUT2D eigenvalue weighted by molar-refractivity contribution is 0.0689. The van der Waals surface area contributed by atoms with Crippen molar-refractivity contribution in [3.8, 4) is 5.75 Å². The largest absolute Gasteiger partial charge is 0.492 e. The SMILES string of the molecule is CC(C)COc1ccc(NC(=O)c2cc(C(=O)O)nn2C)cc1Cl. The summed E-state index contributed by atoms with van der Waals surface area (Å²) in [7, 11) is 1.50. The van der Waals surface area contributed by atoms with Crippen molar-refractivity contribution in [2.45, 2.75) is 13.8 Å². The van der Waals surface area contributed by atoms with Crippen LogP contribution in [0.25, 0.3) is 0 Å². The van der Waals surface area contributed by atoms with Crippen LogP contribution in [0, 0.1) is 5.92 Å². The summed E-state index contributed by atoms with van der Waals surface area (Å²) < 4.78 is 6.78. The lowest BCUT2D eigenvalue weighted by Gasteiger charge is -2.12. The van der Waals surface area contributed by atoms with Crippen LogP contribution in [0.5, 0.6) is 5.75 Å². The minimum absolute atomic E-state index is 0.128. The highest BCUT2D eigenvalue weighted by Gasteiger charge is 2.17. The number of carboxylic acids is 1.